The second kappa shape index (κ2) is 5.35. The largest absolute Gasteiger partial charge is 0.248 e. The first-order chi connectivity index (χ1) is 9.42. The number of allylic oxidation sites excluding steroid dienone is 4. The van der Waals surface area contributed by atoms with E-state index >= 15 is 0 Å². The lowest BCUT2D eigenvalue weighted by Crippen LogP contribution is -1.92. The minimum Gasteiger partial charge on any atom is -0.248 e. The number of hydrogen-bond donors (Lipinski definition) is 0. The van der Waals surface area contributed by atoms with Gasteiger partial charge in [0.1, 0.15) is 0 Å². The molecule has 0 aromatic carbocycles. The Morgan fingerprint density at radius 3 is 2.05 bits per heavy atom. The predicted molar refractivity (Wildman–Crippen MR) is 77.4 cm³/mol. The van der Waals surface area contributed by atoms with E-state index in [-0.39, 0.29) is 0 Å². The van der Waals surface area contributed by atoms with E-state index in [2.05, 4.69) is 22.4 Å². The number of hydrogen-bond acceptors (Lipinski definition) is 2. The van der Waals surface area contributed by atoms with Crippen LogP contribution in [0.2, 0.25) is 0 Å². The van der Waals surface area contributed by atoms with Gasteiger partial charge in [0.05, 0.1) is 12.4 Å². The van der Waals surface area contributed by atoms with E-state index in [1.54, 1.807) is 9.35 Å². The van der Waals surface area contributed by atoms with E-state index in [0.29, 0.717) is 0 Å². The highest BCUT2D eigenvalue weighted by atomic mass is 16.2. The quantitative estimate of drug-likeness (QED) is 0.594. The number of rotatable bonds is 4. The van der Waals surface area contributed by atoms with Gasteiger partial charge in [0, 0.05) is 24.8 Å². The van der Waals surface area contributed by atoms with Crippen LogP contribution in [0.1, 0.15) is 6.42 Å². The average molecular weight is 254 g/mol. The summed E-state index contributed by atoms with van der Waals surface area (Å²) < 4.78 is 3.56. The Bertz CT molecular complexity index is 640. The Balaban J connectivity index is 1.77. The van der Waals surface area contributed by atoms with Crippen LogP contribution in [0.15, 0.2) is 82.6 Å². The molecule has 19 heavy (non-hydrogen) atoms. The predicted octanol–water partition coefficient (Wildman–Crippen LogP) is 2.91. The first-order valence-corrected chi connectivity index (χ1v) is 6.16. The first-order valence-electron chi connectivity index (χ1n) is 6.16. The fourth-order valence-corrected chi connectivity index (χ4v) is 1.86. The smallest absolute Gasteiger partial charge is 0.0554 e. The third-order valence-electron chi connectivity index (χ3n) is 2.86. The molecule has 0 unspecified atom stereocenters. The zero-order valence-corrected chi connectivity index (χ0v) is 10.4. The van der Waals surface area contributed by atoms with Crippen molar-refractivity contribution >= 4 is 12.4 Å². The van der Waals surface area contributed by atoms with Gasteiger partial charge in [0.15, 0.2) is 0 Å². The van der Waals surface area contributed by atoms with Crippen LogP contribution in [0.5, 0.6) is 0 Å². The van der Waals surface area contributed by atoms with Gasteiger partial charge in [0.2, 0.25) is 0 Å². The number of nitrogens with zero attached hydrogens (tertiary/aromatic N) is 4. The van der Waals surface area contributed by atoms with E-state index < -0.39 is 0 Å². The van der Waals surface area contributed by atoms with Gasteiger partial charge in [-0.2, -0.15) is 10.2 Å². The second-order valence-electron chi connectivity index (χ2n) is 4.20. The molecule has 3 rings (SSSR count). The molecule has 0 radical (unpaired) electrons. The van der Waals surface area contributed by atoms with Crippen LogP contribution in [0.4, 0.5) is 0 Å². The minimum absolute atomic E-state index is 0.901. The van der Waals surface area contributed by atoms with E-state index in [1.165, 1.54) is 5.57 Å². The summed E-state index contributed by atoms with van der Waals surface area (Å²) in [5.41, 5.74) is 2.27. The zero-order valence-electron chi connectivity index (χ0n) is 10.4. The molecule has 2 aromatic heterocycles. The van der Waals surface area contributed by atoms with Crippen LogP contribution in [-0.4, -0.2) is 21.8 Å². The van der Waals surface area contributed by atoms with Gasteiger partial charge in [-0.15, -0.1) is 0 Å². The molecule has 0 N–H and O–H groups in total. The van der Waals surface area contributed by atoms with E-state index in [4.69, 9.17) is 0 Å². The maximum Gasteiger partial charge on any atom is 0.0554 e. The van der Waals surface area contributed by atoms with Crippen LogP contribution in [0.25, 0.3) is 0 Å². The summed E-state index contributed by atoms with van der Waals surface area (Å²) in [6.07, 6.45) is 16.5. The highest BCUT2D eigenvalue weighted by molar-refractivity contribution is 5.95. The van der Waals surface area contributed by atoms with E-state index in [1.807, 2.05) is 61.5 Å². The third-order valence-corrected chi connectivity index (χ3v) is 2.86. The molecular formula is C15H14N4. The lowest BCUT2D eigenvalue weighted by molar-refractivity contribution is 0.892. The maximum absolute atomic E-state index is 4.37. The molecule has 0 amide bonds. The molecule has 0 spiro atoms. The van der Waals surface area contributed by atoms with Crippen molar-refractivity contribution in [2.24, 2.45) is 10.2 Å². The van der Waals surface area contributed by atoms with Gasteiger partial charge in [-0.25, -0.2) is 9.35 Å². The zero-order chi connectivity index (χ0) is 12.9. The molecule has 0 bridgehead atoms. The topological polar surface area (TPSA) is 34.6 Å². The highest BCUT2D eigenvalue weighted by Crippen LogP contribution is 2.15. The molecule has 0 aliphatic heterocycles. The van der Waals surface area contributed by atoms with Crippen molar-refractivity contribution in [3.05, 3.63) is 72.4 Å². The van der Waals surface area contributed by atoms with Crippen molar-refractivity contribution < 1.29 is 0 Å². The Morgan fingerprint density at radius 2 is 1.42 bits per heavy atom. The molecule has 0 saturated carbocycles. The third kappa shape index (κ3) is 2.80. The van der Waals surface area contributed by atoms with Crippen LogP contribution in [0, 0.1) is 0 Å². The van der Waals surface area contributed by atoms with Crippen molar-refractivity contribution in [3.8, 4) is 0 Å². The second-order valence-corrected chi connectivity index (χ2v) is 4.20. The molecule has 0 saturated heterocycles. The standard InChI is InChI=1S/C15H14N4/c1-2-9-18(8-1)16-12-14-6-5-7-15(14)13-17-19-10-3-4-11-19/h1-6,8-13H,7H2/b16-12+,17-13+/i16+1,17+1,18+1,19+1. The van der Waals surface area contributed by atoms with Crippen molar-refractivity contribution in [2.75, 3.05) is 0 Å². The van der Waals surface area contributed by atoms with E-state index in [9.17, 15) is 0 Å². The molecule has 0 atom stereocenters. The van der Waals surface area contributed by atoms with Crippen molar-refractivity contribution in [2.45, 2.75) is 6.42 Å². The summed E-state index contributed by atoms with van der Waals surface area (Å²) in [7, 11) is 0. The maximum atomic E-state index is 4.37. The Labute approximate surface area is 111 Å². The summed E-state index contributed by atoms with van der Waals surface area (Å²) >= 11 is 0. The highest BCUT2D eigenvalue weighted by Gasteiger charge is 2.04. The van der Waals surface area contributed by atoms with Crippen molar-refractivity contribution in [1.82, 2.24) is 9.35 Å². The first kappa shape index (κ1) is 11.5. The summed E-state index contributed by atoms with van der Waals surface area (Å²) in [4.78, 5) is 0. The van der Waals surface area contributed by atoms with E-state index in [0.717, 1.165) is 12.0 Å². The fourth-order valence-electron chi connectivity index (χ4n) is 1.86. The Morgan fingerprint density at radius 1 is 0.842 bits per heavy atom. The molecule has 0 fully saturated rings. The van der Waals surface area contributed by atoms with Crippen LogP contribution >= 0.6 is 0 Å². The van der Waals surface area contributed by atoms with Gasteiger partial charge >= 0.3 is 0 Å². The Kier molecular flexibility index (Phi) is 3.23. The molecule has 2 heterocycles. The lowest BCUT2D eigenvalue weighted by atomic mass is 10.2. The van der Waals surface area contributed by atoms with Crippen LogP contribution in [0.3, 0.4) is 0 Å². The normalized spacial score (nSPS) is 15.4. The summed E-state index contributed by atoms with van der Waals surface area (Å²) in [6.45, 7) is 0. The summed E-state index contributed by atoms with van der Waals surface area (Å²) in [5, 5.41) is 8.73. The fraction of sp³-hybridized carbons (Fsp3) is 0.0667. The lowest BCUT2D eigenvalue weighted by Gasteiger charge is -1.97. The summed E-state index contributed by atoms with van der Waals surface area (Å²) in [6, 6.07) is 7.80. The molecule has 94 valence electrons. The molecule has 4 heteroatoms. The van der Waals surface area contributed by atoms with Crippen molar-refractivity contribution in [3.63, 3.8) is 0 Å². The van der Waals surface area contributed by atoms with Gasteiger partial charge in [0.25, 0.3) is 0 Å². The molecule has 2 aromatic rings. The van der Waals surface area contributed by atoms with Crippen molar-refractivity contribution in [1.29, 1.82) is 0 Å². The van der Waals surface area contributed by atoms with Gasteiger partial charge in [-0.05, 0) is 41.8 Å². The van der Waals surface area contributed by atoms with Crippen LogP contribution in [-0.2, 0) is 0 Å². The van der Waals surface area contributed by atoms with Gasteiger partial charge in [-0.3, -0.25) is 0 Å². The van der Waals surface area contributed by atoms with Crippen LogP contribution < -0.4 is 0 Å². The average Bonchev–Trinajstić information content (AvgIpc) is 3.16. The molecule has 4 nitrogen and oxygen atoms in total. The molecular weight excluding hydrogens is 240 g/mol. The Hall–Kier alpha value is -2.62. The minimum atomic E-state index is 0.901. The monoisotopic (exact) mass is 254 g/mol. The van der Waals surface area contributed by atoms with Gasteiger partial charge < -0.3 is 0 Å². The number of aromatic nitrogens is 2. The molecule has 1 aliphatic carbocycles. The summed E-state index contributed by atoms with van der Waals surface area (Å²) in [5.74, 6) is 0. The van der Waals surface area contributed by atoms with Gasteiger partial charge in [-0.1, -0.05) is 12.2 Å². The molecule has 1 aliphatic rings. The SMILES string of the molecule is C1=CC(/C=[15N]/[15n]2cccc2)=C(/C=[15N]/[15n]2cccc2)C1.